The van der Waals surface area contributed by atoms with Crippen LogP contribution >= 0.6 is 27.7 Å². The van der Waals surface area contributed by atoms with E-state index < -0.39 is 0 Å². The first-order chi connectivity index (χ1) is 7.24. The average Bonchev–Trinajstić information content (AvgIpc) is 2.23. The Labute approximate surface area is 105 Å². The second kappa shape index (κ2) is 7.18. The summed E-state index contributed by atoms with van der Waals surface area (Å²) in [6, 6.07) is 6.04. The molecule has 1 rings (SSSR count). The Morgan fingerprint density at radius 2 is 2.07 bits per heavy atom. The van der Waals surface area contributed by atoms with Crippen molar-refractivity contribution in [3.8, 4) is 0 Å². The van der Waals surface area contributed by atoms with Gasteiger partial charge in [0.05, 0.1) is 0 Å². The number of rotatable bonds is 6. The van der Waals surface area contributed by atoms with Gasteiger partial charge in [-0.15, -0.1) is 11.8 Å². The number of nitrogens with two attached hydrogens (primary N) is 1. The highest BCUT2D eigenvalue weighted by Crippen LogP contribution is 2.28. The van der Waals surface area contributed by atoms with Crippen LogP contribution in [0.3, 0.4) is 0 Å². The zero-order valence-electron chi connectivity index (χ0n) is 9.13. The first-order valence-electron chi connectivity index (χ1n) is 5.42. The lowest BCUT2D eigenvalue weighted by Crippen LogP contribution is -1.89. The molecule has 1 nitrogen and oxygen atoms in total. The van der Waals surface area contributed by atoms with Gasteiger partial charge in [0.25, 0.3) is 0 Å². The first-order valence-corrected chi connectivity index (χ1v) is 7.19. The van der Waals surface area contributed by atoms with Crippen molar-refractivity contribution in [2.75, 3.05) is 11.5 Å². The Morgan fingerprint density at radius 3 is 2.80 bits per heavy atom. The fraction of sp³-hybridized carbons (Fsp3) is 0.500. The lowest BCUT2D eigenvalue weighted by molar-refractivity contribution is 0.706. The molecule has 0 amide bonds. The quantitative estimate of drug-likeness (QED) is 0.466. The van der Waals surface area contributed by atoms with Crippen LogP contribution in [0.25, 0.3) is 0 Å². The lowest BCUT2D eigenvalue weighted by atomic mass is 10.2. The Balaban J connectivity index is 2.33. The van der Waals surface area contributed by atoms with Crippen molar-refractivity contribution in [1.29, 1.82) is 0 Å². The predicted molar refractivity (Wildman–Crippen MR) is 73.4 cm³/mol. The van der Waals surface area contributed by atoms with E-state index in [1.807, 2.05) is 23.9 Å². The van der Waals surface area contributed by atoms with Crippen LogP contribution in [-0.2, 0) is 0 Å². The minimum Gasteiger partial charge on any atom is -0.398 e. The van der Waals surface area contributed by atoms with Crippen molar-refractivity contribution in [2.24, 2.45) is 0 Å². The fourth-order valence-electron chi connectivity index (χ4n) is 1.34. The molecule has 0 bridgehead atoms. The van der Waals surface area contributed by atoms with E-state index in [2.05, 4.69) is 28.9 Å². The molecule has 0 aromatic heterocycles. The van der Waals surface area contributed by atoms with Gasteiger partial charge in [0.15, 0.2) is 0 Å². The van der Waals surface area contributed by atoms with Gasteiger partial charge in [-0.25, -0.2) is 0 Å². The number of hydrogen-bond acceptors (Lipinski definition) is 2. The molecule has 0 unspecified atom stereocenters. The summed E-state index contributed by atoms with van der Waals surface area (Å²) in [7, 11) is 0. The van der Waals surface area contributed by atoms with Crippen LogP contribution in [0.15, 0.2) is 27.6 Å². The fourth-order valence-corrected chi connectivity index (χ4v) is 2.87. The van der Waals surface area contributed by atoms with Crippen molar-refractivity contribution in [3.63, 3.8) is 0 Å². The number of halogens is 1. The van der Waals surface area contributed by atoms with E-state index in [9.17, 15) is 0 Å². The molecule has 3 heteroatoms. The van der Waals surface area contributed by atoms with Crippen molar-refractivity contribution < 1.29 is 0 Å². The number of benzene rings is 1. The standard InChI is InChI=1S/C12H18BrNS/c1-2-3-4-5-8-15-12-9-10(13)6-7-11(12)14/h6-7,9H,2-5,8,14H2,1H3. The highest BCUT2D eigenvalue weighted by Gasteiger charge is 2.00. The van der Waals surface area contributed by atoms with Crippen LogP contribution in [0, 0.1) is 0 Å². The zero-order valence-corrected chi connectivity index (χ0v) is 11.5. The van der Waals surface area contributed by atoms with Gasteiger partial charge in [0.1, 0.15) is 0 Å². The third-order valence-electron chi connectivity index (χ3n) is 2.23. The Kier molecular flexibility index (Phi) is 6.18. The minimum absolute atomic E-state index is 0.888. The van der Waals surface area contributed by atoms with Gasteiger partial charge in [-0.3, -0.25) is 0 Å². The molecule has 0 aliphatic rings. The van der Waals surface area contributed by atoms with Crippen molar-refractivity contribution >= 4 is 33.4 Å². The SMILES string of the molecule is CCCCCCSc1cc(Br)ccc1N. The summed E-state index contributed by atoms with van der Waals surface area (Å²) in [5, 5.41) is 0. The van der Waals surface area contributed by atoms with E-state index in [1.54, 1.807) is 0 Å². The number of unbranched alkanes of at least 4 members (excludes halogenated alkanes) is 3. The van der Waals surface area contributed by atoms with Crippen molar-refractivity contribution in [1.82, 2.24) is 0 Å². The lowest BCUT2D eigenvalue weighted by Gasteiger charge is -2.05. The molecular formula is C12H18BrNS. The highest BCUT2D eigenvalue weighted by molar-refractivity contribution is 9.10. The molecule has 1 aromatic carbocycles. The summed E-state index contributed by atoms with van der Waals surface area (Å²) in [5.41, 5.74) is 6.78. The molecule has 0 atom stereocenters. The molecule has 0 saturated heterocycles. The van der Waals surface area contributed by atoms with Gasteiger partial charge >= 0.3 is 0 Å². The molecule has 0 aliphatic carbocycles. The summed E-state index contributed by atoms with van der Waals surface area (Å²) in [6.07, 6.45) is 5.25. The van der Waals surface area contributed by atoms with Crippen LogP contribution < -0.4 is 5.73 Å². The number of thioether (sulfide) groups is 1. The summed E-state index contributed by atoms with van der Waals surface area (Å²) in [6.45, 7) is 2.24. The first kappa shape index (κ1) is 12.9. The van der Waals surface area contributed by atoms with Crippen LogP contribution in [0.4, 0.5) is 5.69 Å². The predicted octanol–water partition coefficient (Wildman–Crippen LogP) is 4.70. The van der Waals surface area contributed by atoms with Crippen LogP contribution in [0.5, 0.6) is 0 Å². The largest absolute Gasteiger partial charge is 0.398 e. The van der Waals surface area contributed by atoms with E-state index in [1.165, 1.54) is 36.3 Å². The van der Waals surface area contributed by atoms with E-state index in [0.29, 0.717) is 0 Å². The van der Waals surface area contributed by atoms with Crippen LogP contribution in [0.2, 0.25) is 0 Å². The maximum atomic E-state index is 5.89. The van der Waals surface area contributed by atoms with E-state index in [0.717, 1.165) is 10.2 Å². The molecule has 0 spiro atoms. The Hall–Kier alpha value is -0.150. The Bertz CT molecular complexity index is 302. The van der Waals surface area contributed by atoms with Crippen molar-refractivity contribution in [2.45, 2.75) is 37.5 Å². The van der Waals surface area contributed by atoms with E-state index in [4.69, 9.17) is 5.73 Å². The molecule has 84 valence electrons. The molecule has 0 aliphatic heterocycles. The molecule has 2 N–H and O–H groups in total. The summed E-state index contributed by atoms with van der Waals surface area (Å²) < 4.78 is 1.10. The van der Waals surface area contributed by atoms with E-state index in [-0.39, 0.29) is 0 Å². The van der Waals surface area contributed by atoms with Gasteiger partial charge in [0, 0.05) is 15.1 Å². The molecule has 0 radical (unpaired) electrons. The third kappa shape index (κ3) is 4.94. The van der Waals surface area contributed by atoms with Gasteiger partial charge in [0.2, 0.25) is 0 Å². The second-order valence-corrected chi connectivity index (χ2v) is 5.64. The summed E-state index contributed by atoms with van der Waals surface area (Å²) in [5.74, 6) is 1.17. The Morgan fingerprint density at radius 1 is 1.27 bits per heavy atom. The topological polar surface area (TPSA) is 26.0 Å². The smallest absolute Gasteiger partial charge is 0.0453 e. The normalized spacial score (nSPS) is 10.5. The van der Waals surface area contributed by atoms with Gasteiger partial charge in [-0.1, -0.05) is 42.1 Å². The number of anilines is 1. The summed E-state index contributed by atoms with van der Waals surface area (Å²) >= 11 is 5.32. The van der Waals surface area contributed by atoms with Gasteiger partial charge in [-0.05, 0) is 30.4 Å². The molecule has 0 heterocycles. The zero-order chi connectivity index (χ0) is 11.1. The number of nitrogen functional groups attached to an aromatic ring is 1. The second-order valence-electron chi connectivity index (χ2n) is 3.59. The molecule has 0 fully saturated rings. The van der Waals surface area contributed by atoms with Crippen molar-refractivity contribution in [3.05, 3.63) is 22.7 Å². The maximum Gasteiger partial charge on any atom is 0.0453 e. The summed E-state index contributed by atoms with van der Waals surface area (Å²) in [4.78, 5) is 1.20. The third-order valence-corrected chi connectivity index (χ3v) is 3.88. The molecule has 15 heavy (non-hydrogen) atoms. The van der Waals surface area contributed by atoms with Crippen LogP contribution in [0.1, 0.15) is 32.6 Å². The van der Waals surface area contributed by atoms with Gasteiger partial charge < -0.3 is 5.73 Å². The van der Waals surface area contributed by atoms with Crippen LogP contribution in [-0.4, -0.2) is 5.75 Å². The highest BCUT2D eigenvalue weighted by atomic mass is 79.9. The van der Waals surface area contributed by atoms with E-state index >= 15 is 0 Å². The molecular weight excluding hydrogens is 270 g/mol. The maximum absolute atomic E-state index is 5.89. The molecule has 1 aromatic rings. The van der Waals surface area contributed by atoms with Gasteiger partial charge in [-0.2, -0.15) is 0 Å². The molecule has 0 saturated carbocycles. The monoisotopic (exact) mass is 287 g/mol. The number of hydrogen-bond donors (Lipinski definition) is 1. The minimum atomic E-state index is 0.888. The average molecular weight is 288 g/mol.